The maximum atomic E-state index is 13.6. The lowest BCUT2D eigenvalue weighted by molar-refractivity contribution is -0.149. The lowest BCUT2D eigenvalue weighted by atomic mass is 10.1. The van der Waals surface area contributed by atoms with Crippen LogP contribution in [0.5, 0.6) is 0 Å². The normalized spacial score (nSPS) is 14.1. The molecule has 0 bridgehead atoms. The number of pyridine rings is 1. The van der Waals surface area contributed by atoms with E-state index in [9.17, 15) is 18.8 Å². The Morgan fingerprint density at radius 3 is 2.32 bits per heavy atom. The van der Waals surface area contributed by atoms with E-state index in [1.54, 1.807) is 24.5 Å². The predicted molar refractivity (Wildman–Crippen MR) is 173 cm³/mol. The Hall–Kier alpha value is -5.08. The average molecular weight is 642 g/mol. The largest absolute Gasteiger partial charge is 0.449 e. The fraction of sp³-hybridized carbons (Fsp3) is 0.364. The monoisotopic (exact) mass is 641 g/mol. The molecule has 1 aliphatic rings. The number of carbonyl (C=O) groups is 1. The first-order chi connectivity index (χ1) is 22.9. The summed E-state index contributed by atoms with van der Waals surface area (Å²) in [5.41, 5.74) is 2.97. The van der Waals surface area contributed by atoms with E-state index in [0.29, 0.717) is 6.42 Å². The first-order valence-electron chi connectivity index (χ1n) is 15.6. The molecule has 6 rings (SSSR count). The van der Waals surface area contributed by atoms with Crippen molar-refractivity contribution in [1.82, 2.24) is 43.4 Å². The van der Waals surface area contributed by atoms with Crippen molar-refractivity contribution in [2.45, 2.75) is 32.4 Å². The summed E-state index contributed by atoms with van der Waals surface area (Å²) in [6.45, 7) is 5.24. The number of aryl methyl sites for hydroxylation is 2. The molecule has 13 nitrogen and oxygen atoms in total. The Bertz CT molecular complexity index is 1950. The van der Waals surface area contributed by atoms with Crippen LogP contribution in [0.3, 0.4) is 0 Å². The number of esters is 1. The van der Waals surface area contributed by atoms with Gasteiger partial charge >= 0.3 is 11.7 Å². The van der Waals surface area contributed by atoms with Crippen LogP contribution in [0.15, 0.2) is 77.1 Å². The number of halogens is 1. The number of rotatable bonds is 12. The summed E-state index contributed by atoms with van der Waals surface area (Å²) in [6, 6.07) is 10.3. The Kier molecular flexibility index (Phi) is 9.88. The number of hydrogen-bond donors (Lipinski definition) is 0. The van der Waals surface area contributed by atoms with E-state index in [-0.39, 0.29) is 42.6 Å². The summed E-state index contributed by atoms with van der Waals surface area (Å²) in [4.78, 5) is 59.2. The van der Waals surface area contributed by atoms with E-state index in [0.717, 1.165) is 72.8 Å². The average Bonchev–Trinajstić information content (AvgIpc) is 3.53. The molecular formula is C33H36FN9O4. The van der Waals surface area contributed by atoms with E-state index in [1.165, 1.54) is 36.1 Å². The fourth-order valence-corrected chi connectivity index (χ4v) is 5.82. The van der Waals surface area contributed by atoms with Gasteiger partial charge in [0.15, 0.2) is 11.2 Å². The van der Waals surface area contributed by atoms with Gasteiger partial charge in [-0.15, -0.1) is 0 Å². The van der Waals surface area contributed by atoms with Crippen LogP contribution in [0.2, 0.25) is 0 Å². The van der Waals surface area contributed by atoms with Crippen LogP contribution in [0.1, 0.15) is 19.3 Å². The maximum Gasteiger partial charge on any atom is 0.332 e. The molecule has 0 saturated carbocycles. The molecule has 1 aliphatic heterocycles. The van der Waals surface area contributed by atoms with Gasteiger partial charge in [0.2, 0.25) is 0 Å². The van der Waals surface area contributed by atoms with Crippen molar-refractivity contribution in [3.8, 4) is 22.5 Å². The summed E-state index contributed by atoms with van der Waals surface area (Å²) in [5.74, 6) is -0.655. The quantitative estimate of drug-likeness (QED) is 0.187. The van der Waals surface area contributed by atoms with Crippen molar-refractivity contribution >= 4 is 17.1 Å². The third kappa shape index (κ3) is 7.34. The zero-order valence-corrected chi connectivity index (χ0v) is 26.2. The van der Waals surface area contributed by atoms with Crippen LogP contribution < -0.4 is 11.2 Å². The summed E-state index contributed by atoms with van der Waals surface area (Å²) >= 11 is 0. The van der Waals surface area contributed by atoms with E-state index in [4.69, 9.17) is 4.74 Å². The third-order valence-corrected chi connectivity index (χ3v) is 8.38. The standard InChI is InChI=1S/C33H36FN9O4/c1-39-31-29(36-13-14-37-31)32(45)43(33(39)46)17-2-4-27(44)47-23-41-20-18-40(19-21-41)15-3-16-42-22-38-28(24-5-7-26(34)8-6-24)30(42)25-9-11-35-12-10-25/h5-14,22H,2-4,15-21,23H2,1H3. The summed E-state index contributed by atoms with van der Waals surface area (Å²) < 4.78 is 23.6. The second-order valence-electron chi connectivity index (χ2n) is 11.5. The van der Waals surface area contributed by atoms with Crippen molar-refractivity contribution in [3.05, 3.63) is 94.2 Å². The van der Waals surface area contributed by atoms with Crippen LogP contribution in [-0.4, -0.2) is 88.9 Å². The molecule has 14 heteroatoms. The van der Waals surface area contributed by atoms with E-state index < -0.39 is 11.2 Å². The molecular weight excluding hydrogens is 605 g/mol. The SMILES string of the molecule is Cn1c(=O)n(CCCC(=O)OCN2CCN(CCCn3cnc(-c4ccc(F)cc4)c3-c3ccncc3)CC2)c(=O)c2nccnc21. The molecule has 5 heterocycles. The molecule has 0 unspecified atom stereocenters. The fourth-order valence-electron chi connectivity index (χ4n) is 5.82. The number of nitrogens with zero attached hydrogens (tertiary/aromatic N) is 9. The molecule has 0 radical (unpaired) electrons. The molecule has 0 spiro atoms. The first-order valence-corrected chi connectivity index (χ1v) is 15.6. The predicted octanol–water partition coefficient (Wildman–Crippen LogP) is 2.54. The molecule has 1 saturated heterocycles. The topological polar surface area (TPSA) is 133 Å². The highest BCUT2D eigenvalue weighted by atomic mass is 19.1. The smallest absolute Gasteiger partial charge is 0.332 e. The lowest BCUT2D eigenvalue weighted by Gasteiger charge is -2.34. The van der Waals surface area contributed by atoms with Crippen LogP contribution in [0.25, 0.3) is 33.7 Å². The van der Waals surface area contributed by atoms with Gasteiger partial charge in [0, 0.05) is 88.7 Å². The van der Waals surface area contributed by atoms with Crippen molar-refractivity contribution in [1.29, 1.82) is 0 Å². The van der Waals surface area contributed by atoms with Gasteiger partial charge in [0.05, 0.1) is 17.7 Å². The molecule has 4 aromatic heterocycles. The van der Waals surface area contributed by atoms with E-state index in [1.807, 2.05) is 18.5 Å². The Balaban J connectivity index is 0.943. The van der Waals surface area contributed by atoms with Gasteiger partial charge < -0.3 is 14.2 Å². The van der Waals surface area contributed by atoms with Gasteiger partial charge in [0.25, 0.3) is 5.56 Å². The van der Waals surface area contributed by atoms with Gasteiger partial charge in [0.1, 0.15) is 12.5 Å². The minimum atomic E-state index is -0.517. The van der Waals surface area contributed by atoms with Crippen LogP contribution in [0, 0.1) is 5.82 Å². The number of hydrogen-bond acceptors (Lipinski definition) is 10. The van der Waals surface area contributed by atoms with Crippen molar-refractivity contribution in [3.63, 3.8) is 0 Å². The van der Waals surface area contributed by atoms with Crippen LogP contribution >= 0.6 is 0 Å². The second-order valence-corrected chi connectivity index (χ2v) is 11.5. The molecule has 47 heavy (non-hydrogen) atoms. The highest BCUT2D eigenvalue weighted by Crippen LogP contribution is 2.31. The van der Waals surface area contributed by atoms with Crippen molar-refractivity contribution in [2.24, 2.45) is 7.05 Å². The number of aromatic nitrogens is 7. The molecule has 1 aromatic carbocycles. The molecule has 244 valence electrons. The number of carbonyl (C=O) groups excluding carboxylic acids is 1. The highest BCUT2D eigenvalue weighted by Gasteiger charge is 2.20. The van der Waals surface area contributed by atoms with Gasteiger partial charge in [-0.1, -0.05) is 0 Å². The molecule has 0 atom stereocenters. The molecule has 0 aliphatic carbocycles. The second kappa shape index (κ2) is 14.6. The first kappa shape index (κ1) is 31.9. The molecule has 0 amide bonds. The third-order valence-electron chi connectivity index (χ3n) is 8.38. The molecule has 1 fully saturated rings. The minimum Gasteiger partial charge on any atom is -0.449 e. The lowest BCUT2D eigenvalue weighted by Crippen LogP contribution is -2.47. The Morgan fingerprint density at radius 1 is 0.830 bits per heavy atom. The number of fused-ring (bicyclic) bond motifs is 1. The zero-order valence-electron chi connectivity index (χ0n) is 26.2. The Labute approximate surface area is 269 Å². The number of imidazole rings is 1. The van der Waals surface area contributed by atoms with Crippen LogP contribution in [-0.2, 0) is 29.7 Å². The molecule has 5 aromatic rings. The maximum absolute atomic E-state index is 13.6. The van der Waals surface area contributed by atoms with E-state index >= 15 is 0 Å². The van der Waals surface area contributed by atoms with Gasteiger partial charge in [-0.3, -0.25) is 28.6 Å². The number of ether oxygens (including phenoxy) is 1. The van der Waals surface area contributed by atoms with Crippen molar-refractivity contribution < 1.29 is 13.9 Å². The summed E-state index contributed by atoms with van der Waals surface area (Å²) in [7, 11) is 1.54. The van der Waals surface area contributed by atoms with E-state index in [2.05, 4.69) is 34.3 Å². The van der Waals surface area contributed by atoms with Crippen LogP contribution in [0.4, 0.5) is 4.39 Å². The number of benzene rings is 1. The van der Waals surface area contributed by atoms with Gasteiger partial charge in [-0.05, 0) is 55.8 Å². The molecule has 0 N–H and O–H groups in total. The highest BCUT2D eigenvalue weighted by molar-refractivity contribution is 5.78. The summed E-state index contributed by atoms with van der Waals surface area (Å²) in [6.07, 6.45) is 9.49. The van der Waals surface area contributed by atoms with Gasteiger partial charge in [-0.25, -0.2) is 24.1 Å². The summed E-state index contributed by atoms with van der Waals surface area (Å²) in [5, 5.41) is 0. The van der Waals surface area contributed by atoms with Gasteiger partial charge in [-0.2, -0.15) is 0 Å². The Morgan fingerprint density at radius 2 is 1.55 bits per heavy atom. The minimum absolute atomic E-state index is 0.0858. The van der Waals surface area contributed by atoms with Crippen molar-refractivity contribution in [2.75, 3.05) is 39.5 Å². The zero-order chi connectivity index (χ0) is 32.8. The number of piperazine rings is 1.